The monoisotopic (exact) mass is 319 g/mol. The Morgan fingerprint density at radius 1 is 1.30 bits per heavy atom. The average Bonchev–Trinajstić information content (AvgIpc) is 2.41. The number of likely N-dealkylation sites (N-methyl/N-ethyl adjacent to an activating group) is 1. The first-order chi connectivity index (χ1) is 9.34. The van der Waals surface area contributed by atoms with Crippen molar-refractivity contribution in [2.45, 2.75) is 17.7 Å². The zero-order valence-electron chi connectivity index (χ0n) is 11.5. The molecule has 0 aliphatic rings. The summed E-state index contributed by atoms with van der Waals surface area (Å²) in [6.45, 7) is 1.06. The third kappa shape index (κ3) is 5.48. The van der Waals surface area contributed by atoms with Crippen LogP contribution in [0.15, 0.2) is 29.2 Å². The number of ether oxygens (including phenoxy) is 1. The molecule has 1 aromatic carbocycles. The van der Waals surface area contributed by atoms with Crippen LogP contribution in [0.5, 0.6) is 0 Å². The smallest absolute Gasteiger partial charge is 0.261 e. The second-order valence-corrected chi connectivity index (χ2v) is 6.96. The predicted octanol–water partition coefficient (Wildman–Crippen LogP) is 1.65. The van der Waals surface area contributed by atoms with Gasteiger partial charge in [0.2, 0.25) is 5.91 Å². The Morgan fingerprint density at radius 3 is 2.40 bits per heavy atom. The van der Waals surface area contributed by atoms with Crippen molar-refractivity contribution in [3.63, 3.8) is 0 Å². The van der Waals surface area contributed by atoms with Crippen molar-refractivity contribution in [3.05, 3.63) is 29.8 Å². The molecule has 112 valence electrons. The summed E-state index contributed by atoms with van der Waals surface area (Å²) < 4.78 is 27.1. The van der Waals surface area contributed by atoms with Crippen molar-refractivity contribution < 1.29 is 17.9 Å². The number of nitrogens with zero attached hydrogens (tertiary/aromatic N) is 1. The molecule has 1 rings (SSSR count). The van der Waals surface area contributed by atoms with Crippen LogP contribution < -0.4 is 0 Å². The Balaban J connectivity index is 2.52. The number of rotatable bonds is 7. The van der Waals surface area contributed by atoms with Crippen LogP contribution >= 0.6 is 10.7 Å². The molecule has 1 aromatic rings. The molecule has 20 heavy (non-hydrogen) atoms. The molecule has 0 heterocycles. The van der Waals surface area contributed by atoms with E-state index < -0.39 is 9.05 Å². The highest BCUT2D eigenvalue weighted by Gasteiger charge is 2.11. The summed E-state index contributed by atoms with van der Waals surface area (Å²) in [5.41, 5.74) is 0.891. The molecule has 0 bridgehead atoms. The fraction of sp³-hybridized carbons (Fsp3) is 0.462. The lowest BCUT2D eigenvalue weighted by atomic mass is 10.1. The molecule has 1 amide bonds. The van der Waals surface area contributed by atoms with Crippen molar-refractivity contribution in [1.82, 2.24) is 4.90 Å². The first kappa shape index (κ1) is 16.9. The number of hydrogen-bond acceptors (Lipinski definition) is 4. The van der Waals surface area contributed by atoms with Crippen molar-refractivity contribution in [2.75, 3.05) is 27.3 Å². The summed E-state index contributed by atoms with van der Waals surface area (Å²) in [6, 6.07) is 6.21. The van der Waals surface area contributed by atoms with Crippen LogP contribution in [-0.4, -0.2) is 46.5 Å². The molecule has 0 fully saturated rings. The van der Waals surface area contributed by atoms with E-state index in [9.17, 15) is 13.2 Å². The van der Waals surface area contributed by atoms with Gasteiger partial charge < -0.3 is 9.64 Å². The Hall–Kier alpha value is -1.11. The first-order valence-corrected chi connectivity index (χ1v) is 8.42. The molecule has 0 N–H and O–H groups in total. The van der Waals surface area contributed by atoms with Gasteiger partial charge in [-0.05, 0) is 24.1 Å². The highest BCUT2D eigenvalue weighted by Crippen LogP contribution is 2.16. The number of methoxy groups -OCH3 is 1. The van der Waals surface area contributed by atoms with Gasteiger partial charge >= 0.3 is 0 Å². The standard InChI is InChI=1S/C13H18ClNO4S/c1-15(9-10-19-2)13(16)8-5-11-3-6-12(7-4-11)20(14,17)18/h3-4,6-7H,5,8-10H2,1-2H3. The number of hydrogen-bond donors (Lipinski definition) is 0. The molecule has 0 aliphatic carbocycles. The van der Waals surface area contributed by atoms with E-state index in [1.54, 1.807) is 31.2 Å². The van der Waals surface area contributed by atoms with Crippen LogP contribution in [0.4, 0.5) is 0 Å². The normalized spacial score (nSPS) is 11.3. The van der Waals surface area contributed by atoms with Gasteiger partial charge in [-0.25, -0.2) is 8.42 Å². The van der Waals surface area contributed by atoms with E-state index in [-0.39, 0.29) is 10.8 Å². The minimum Gasteiger partial charge on any atom is -0.383 e. The summed E-state index contributed by atoms with van der Waals surface area (Å²) in [7, 11) is 4.85. The van der Waals surface area contributed by atoms with Gasteiger partial charge in [0.15, 0.2) is 0 Å². The maximum absolute atomic E-state index is 11.8. The van der Waals surface area contributed by atoms with Gasteiger partial charge in [0.1, 0.15) is 0 Å². The van der Waals surface area contributed by atoms with Crippen molar-refractivity contribution in [3.8, 4) is 0 Å². The summed E-state index contributed by atoms with van der Waals surface area (Å²) in [6.07, 6.45) is 0.923. The summed E-state index contributed by atoms with van der Waals surface area (Å²) >= 11 is 0. The molecular weight excluding hydrogens is 302 g/mol. The van der Waals surface area contributed by atoms with Crippen molar-refractivity contribution >= 4 is 25.6 Å². The van der Waals surface area contributed by atoms with Gasteiger partial charge in [-0.2, -0.15) is 0 Å². The third-order valence-electron chi connectivity index (χ3n) is 2.89. The molecule has 0 unspecified atom stereocenters. The molecule has 7 heteroatoms. The zero-order valence-corrected chi connectivity index (χ0v) is 13.1. The van der Waals surface area contributed by atoms with Gasteiger partial charge in [0, 0.05) is 37.8 Å². The maximum atomic E-state index is 11.8. The van der Waals surface area contributed by atoms with E-state index in [1.165, 1.54) is 12.1 Å². The molecular formula is C13H18ClNO4S. The van der Waals surface area contributed by atoms with Crippen LogP contribution in [0.3, 0.4) is 0 Å². The van der Waals surface area contributed by atoms with E-state index in [4.69, 9.17) is 15.4 Å². The molecule has 0 spiro atoms. The number of carbonyl (C=O) groups excluding carboxylic acids is 1. The van der Waals surface area contributed by atoms with E-state index in [0.717, 1.165) is 5.56 Å². The highest BCUT2D eigenvalue weighted by atomic mass is 35.7. The number of benzene rings is 1. The van der Waals surface area contributed by atoms with E-state index >= 15 is 0 Å². The molecule has 0 aliphatic heterocycles. The van der Waals surface area contributed by atoms with Crippen LogP contribution in [0.2, 0.25) is 0 Å². The van der Waals surface area contributed by atoms with Crippen LogP contribution in [0, 0.1) is 0 Å². The Kier molecular flexibility index (Phi) is 6.45. The largest absolute Gasteiger partial charge is 0.383 e. The van der Waals surface area contributed by atoms with E-state index in [0.29, 0.717) is 26.0 Å². The van der Waals surface area contributed by atoms with Crippen LogP contribution in [0.1, 0.15) is 12.0 Å². The number of carbonyl (C=O) groups is 1. The quantitative estimate of drug-likeness (QED) is 0.717. The lowest BCUT2D eigenvalue weighted by Crippen LogP contribution is -2.30. The molecule has 5 nitrogen and oxygen atoms in total. The summed E-state index contributed by atoms with van der Waals surface area (Å²) in [5, 5.41) is 0. The average molecular weight is 320 g/mol. The molecule has 0 saturated heterocycles. The van der Waals surface area contributed by atoms with Crippen LogP contribution in [-0.2, 0) is 25.0 Å². The molecule has 0 aromatic heterocycles. The molecule has 0 radical (unpaired) electrons. The topological polar surface area (TPSA) is 63.7 Å². The Bertz CT molecular complexity index is 542. The SMILES string of the molecule is COCCN(C)C(=O)CCc1ccc(S(=O)(=O)Cl)cc1. The number of halogens is 1. The van der Waals surface area contributed by atoms with Gasteiger partial charge in [0.05, 0.1) is 11.5 Å². The predicted molar refractivity (Wildman–Crippen MR) is 77.3 cm³/mol. The molecule has 0 saturated carbocycles. The zero-order chi connectivity index (χ0) is 15.2. The van der Waals surface area contributed by atoms with E-state index in [2.05, 4.69) is 0 Å². The van der Waals surface area contributed by atoms with Gasteiger partial charge in [-0.1, -0.05) is 12.1 Å². The summed E-state index contributed by atoms with van der Waals surface area (Å²) in [5.74, 6) is 0.0242. The lowest BCUT2D eigenvalue weighted by Gasteiger charge is -2.16. The Morgan fingerprint density at radius 2 is 1.90 bits per heavy atom. The fourth-order valence-corrected chi connectivity index (χ4v) is 2.38. The highest BCUT2D eigenvalue weighted by molar-refractivity contribution is 8.13. The van der Waals surface area contributed by atoms with Gasteiger partial charge in [0.25, 0.3) is 9.05 Å². The van der Waals surface area contributed by atoms with Crippen LogP contribution in [0.25, 0.3) is 0 Å². The third-order valence-corrected chi connectivity index (χ3v) is 4.26. The van der Waals surface area contributed by atoms with Gasteiger partial charge in [-0.15, -0.1) is 0 Å². The lowest BCUT2D eigenvalue weighted by molar-refractivity contribution is -0.130. The number of aryl methyl sites for hydroxylation is 1. The summed E-state index contributed by atoms with van der Waals surface area (Å²) in [4.78, 5) is 13.5. The minimum absolute atomic E-state index is 0.0242. The minimum atomic E-state index is -3.69. The van der Waals surface area contributed by atoms with Crippen molar-refractivity contribution in [1.29, 1.82) is 0 Å². The molecule has 0 atom stereocenters. The Labute approximate surface area is 123 Å². The second kappa shape index (κ2) is 7.61. The fourth-order valence-electron chi connectivity index (χ4n) is 1.61. The second-order valence-electron chi connectivity index (χ2n) is 4.39. The number of amides is 1. The first-order valence-electron chi connectivity index (χ1n) is 6.11. The van der Waals surface area contributed by atoms with Crippen molar-refractivity contribution in [2.24, 2.45) is 0 Å². The van der Waals surface area contributed by atoms with Gasteiger partial charge in [-0.3, -0.25) is 4.79 Å². The van der Waals surface area contributed by atoms with E-state index in [1.807, 2.05) is 0 Å². The maximum Gasteiger partial charge on any atom is 0.261 e.